The van der Waals surface area contributed by atoms with Crippen molar-refractivity contribution in [2.24, 2.45) is 0 Å². The predicted molar refractivity (Wildman–Crippen MR) is 393 cm³/mol. The number of para-hydroxylation sites is 7. The van der Waals surface area contributed by atoms with Crippen LogP contribution in [-0.4, -0.2) is 43.3 Å². The van der Waals surface area contributed by atoms with Crippen LogP contribution in [0.5, 0.6) is 0 Å². The quantitative estimate of drug-likeness (QED) is 0.141. The van der Waals surface area contributed by atoms with Crippen LogP contribution in [0.1, 0.15) is 49.9 Å². The second kappa shape index (κ2) is 20.4. The van der Waals surface area contributed by atoms with Gasteiger partial charge < -0.3 is 0 Å². The van der Waals surface area contributed by atoms with Crippen LogP contribution in [0.4, 0.5) is 68.2 Å². The van der Waals surface area contributed by atoms with E-state index in [4.69, 9.17) is 0 Å². The summed E-state index contributed by atoms with van der Waals surface area (Å²) in [5, 5.41) is 0. The Morgan fingerprint density at radius 2 is 0.772 bits per heavy atom. The molecule has 19 rings (SSSR count). The van der Waals surface area contributed by atoms with Gasteiger partial charge in [0.15, 0.2) is 0 Å². The fraction of sp³-hybridized carbons (Fsp3) is 0.0714. The van der Waals surface area contributed by atoms with E-state index in [1.54, 1.807) is 9.92 Å². The van der Waals surface area contributed by atoms with E-state index in [0.29, 0.717) is 0 Å². The predicted octanol–water partition coefficient (Wildman–Crippen LogP) is 13.8. The Morgan fingerprint density at radius 1 is 0.304 bits per heavy atom. The molecule has 0 saturated heterocycles. The van der Waals surface area contributed by atoms with E-state index in [9.17, 15) is 0 Å². The van der Waals surface area contributed by atoms with Gasteiger partial charge in [0, 0.05) is 11.4 Å². The van der Waals surface area contributed by atoms with Crippen molar-refractivity contribution in [3.8, 4) is 22.3 Å². The van der Waals surface area contributed by atoms with Crippen LogP contribution in [0, 0.1) is 0 Å². The molecular weight excluding hydrogens is 1240 g/mol. The van der Waals surface area contributed by atoms with Gasteiger partial charge in [-0.3, -0.25) is 0 Å². The number of benzene rings is 13. The van der Waals surface area contributed by atoms with Crippen molar-refractivity contribution in [2.45, 2.75) is 38.5 Å². The van der Waals surface area contributed by atoms with Gasteiger partial charge in [0.2, 0.25) is 0 Å². The Balaban J connectivity index is 0.836. The molecule has 0 saturated carbocycles. The summed E-state index contributed by atoms with van der Waals surface area (Å²) in [7, 11) is 0. The van der Waals surface area contributed by atoms with Gasteiger partial charge in [0.25, 0.3) is 0 Å². The molecule has 0 fully saturated rings. The van der Waals surface area contributed by atoms with Crippen molar-refractivity contribution < 1.29 is 0 Å². The van der Waals surface area contributed by atoms with E-state index in [2.05, 4.69) is 338 Å². The average Bonchev–Trinajstić information content (AvgIpc) is 1.17. The van der Waals surface area contributed by atoms with Gasteiger partial charge in [-0.15, -0.1) is 0 Å². The van der Waals surface area contributed by atoms with Crippen LogP contribution in [0.3, 0.4) is 0 Å². The first kappa shape index (κ1) is 54.0. The molecule has 0 amide bonds. The van der Waals surface area contributed by atoms with E-state index in [1.165, 1.54) is 119 Å². The minimum atomic E-state index is -0.406. The van der Waals surface area contributed by atoms with Crippen LogP contribution in [0.25, 0.3) is 22.3 Å². The zero-order chi connectivity index (χ0) is 61.1. The van der Waals surface area contributed by atoms with E-state index < -0.39 is 5.41 Å². The zero-order valence-electron chi connectivity index (χ0n) is 51.5. The van der Waals surface area contributed by atoms with Gasteiger partial charge >= 0.3 is 484 Å². The van der Waals surface area contributed by atoms with Crippen LogP contribution < -0.4 is 70.2 Å². The van der Waals surface area contributed by atoms with Gasteiger partial charge in [0.1, 0.15) is 0 Å². The summed E-state index contributed by atoms with van der Waals surface area (Å²) >= 11 is 0.0988. The van der Waals surface area contributed by atoms with Crippen LogP contribution in [-0.2, 0) is 10.8 Å². The summed E-state index contributed by atoms with van der Waals surface area (Å²) in [6.45, 7) is 10.0. The average molecular weight is 1300 g/mol. The molecule has 0 radical (unpaired) electrons. The van der Waals surface area contributed by atoms with Gasteiger partial charge in [0.05, 0.1) is 0 Å². The minimum absolute atomic E-state index is 0.000952. The third-order valence-corrected chi connectivity index (χ3v) is 25.5. The number of hydrogen-bond acceptors (Lipinski definition) is 4. The van der Waals surface area contributed by atoms with Crippen molar-refractivity contribution in [2.75, 3.05) is 19.6 Å². The normalized spacial score (nSPS) is 14.7. The molecule has 0 N–H and O–H groups in total. The van der Waals surface area contributed by atoms with Crippen LogP contribution in [0.2, 0.25) is 0 Å². The molecule has 6 aliphatic rings. The maximum absolute atomic E-state index is 2.74. The Bertz CT molecular complexity index is 5120. The van der Waals surface area contributed by atoms with Crippen molar-refractivity contribution in [1.29, 1.82) is 0 Å². The maximum atomic E-state index is 2.74. The summed E-state index contributed by atoms with van der Waals surface area (Å²) in [6.07, 6.45) is 0. The molecule has 434 valence electrons. The molecule has 0 unspecified atom stereocenters. The monoisotopic (exact) mass is 1310 g/mol. The van der Waals surface area contributed by atoms with Crippen molar-refractivity contribution in [1.82, 2.24) is 0 Å². The third kappa shape index (κ3) is 7.79. The Kier molecular flexibility index (Phi) is 12.0. The number of nitrogens with zero attached hydrogens (tertiary/aromatic N) is 4. The Morgan fingerprint density at radius 3 is 1.34 bits per heavy atom. The number of fused-ring (bicyclic) bond motifs is 16. The second-order valence-electron chi connectivity index (χ2n) is 26.3. The fourth-order valence-corrected chi connectivity index (χ4v) is 22.7. The summed E-state index contributed by atoms with van der Waals surface area (Å²) in [5.74, 6) is 0. The molecule has 92 heavy (non-hydrogen) atoms. The Hall–Kier alpha value is -9.77. The van der Waals surface area contributed by atoms with Crippen molar-refractivity contribution in [3.05, 3.63) is 313 Å². The first-order chi connectivity index (χ1) is 45.2. The van der Waals surface area contributed by atoms with Gasteiger partial charge in [-0.05, 0) is 24.3 Å². The van der Waals surface area contributed by atoms with Gasteiger partial charge in [-0.1, -0.05) is 36.4 Å². The molecule has 13 aromatic rings. The molecule has 13 aromatic carbocycles. The van der Waals surface area contributed by atoms with Crippen LogP contribution in [0.15, 0.2) is 291 Å². The molecule has 0 bridgehead atoms. The van der Waals surface area contributed by atoms with Crippen molar-refractivity contribution >= 4 is 162 Å². The molecule has 4 nitrogen and oxygen atoms in total. The SMILES string of the molecule is CC1(C)c2cc(N(c3ccccc3)c3ccccc3)ccc2-c2cc3c4c(c21)[Se]c1ccccc1B4c1cc2c(cc1[Se]3)N(c1ccccc1)c1cc3c(c4c1B2c1ccccc1N4c1ccccc1)C(C)(C)c1cc(N(c2ccccc2)c2ccccc2)ccc1-3. The zero-order valence-corrected chi connectivity index (χ0v) is 54.9. The summed E-state index contributed by atoms with van der Waals surface area (Å²) in [5.41, 5.74) is 33.2. The molecule has 4 heterocycles. The molecule has 0 aromatic heterocycles. The number of hydrogen-bond donors (Lipinski definition) is 0. The summed E-state index contributed by atoms with van der Waals surface area (Å²) < 4.78 is 6.10. The van der Waals surface area contributed by atoms with Crippen molar-refractivity contribution in [3.63, 3.8) is 0 Å². The van der Waals surface area contributed by atoms with E-state index in [0.717, 1.165) is 34.1 Å². The molecule has 0 atom stereocenters. The summed E-state index contributed by atoms with van der Waals surface area (Å²) in [4.78, 5) is 10.1. The molecule has 2 aliphatic carbocycles. The standard InChI is InChI=1S/C84H60B2N4Se2/c1-83(2)65-47-59(87(53-27-11-5-12-28-53)54-29-13-6-14-30-54)43-45-61(65)63-49-73-79-81(77(63)83)90(58-37-21-10-22-38-58)71-41-25-23-39-67(71)85(79)69-51-70-75(52-72(69)89(73)57-35-19-9-20-36-57)91-76-50-64-62-46-44-60(88(55-31-15-7-16-32-55)56-33-17-8-18-34-56)48-66(62)84(3,4)78(64)82-80(76)86(70)68-40-24-26-42-74(68)92-82/h5-52H,1-4H3. The first-order valence-electron chi connectivity index (χ1n) is 32.1. The van der Waals surface area contributed by atoms with E-state index >= 15 is 0 Å². The Labute approximate surface area is 552 Å². The second-order valence-corrected chi connectivity index (χ2v) is 30.8. The van der Waals surface area contributed by atoms with E-state index in [-0.39, 0.29) is 48.8 Å². The fourth-order valence-electron chi connectivity index (χ4n) is 16.7. The third-order valence-electron chi connectivity index (χ3n) is 20.6. The van der Waals surface area contributed by atoms with Gasteiger partial charge in [-0.2, -0.15) is 0 Å². The molecule has 4 aliphatic heterocycles. The van der Waals surface area contributed by atoms with E-state index in [1.807, 2.05) is 0 Å². The number of rotatable bonds is 8. The van der Waals surface area contributed by atoms with Crippen LogP contribution >= 0.6 is 0 Å². The summed E-state index contributed by atoms with van der Waals surface area (Å²) in [6, 6.07) is 110. The molecule has 0 spiro atoms. The molecular formula is C84H60B2N4Se2. The topological polar surface area (TPSA) is 13.0 Å². The van der Waals surface area contributed by atoms with Gasteiger partial charge in [-0.25, -0.2) is 0 Å². The number of anilines is 12. The first-order valence-corrected chi connectivity index (χ1v) is 35.6. The molecule has 8 heteroatoms.